The number of carbonyl (C=O) groups excluding carboxylic acids is 2. The van der Waals surface area contributed by atoms with Gasteiger partial charge in [0.1, 0.15) is 5.75 Å². The van der Waals surface area contributed by atoms with Crippen molar-refractivity contribution in [2.45, 2.75) is 38.8 Å². The highest BCUT2D eigenvalue weighted by molar-refractivity contribution is 6.07. The molecule has 5 heteroatoms. The number of methoxy groups -OCH3 is 1. The molecule has 0 saturated carbocycles. The first-order valence-corrected chi connectivity index (χ1v) is 10.9. The van der Waals surface area contributed by atoms with Gasteiger partial charge >= 0.3 is 0 Å². The van der Waals surface area contributed by atoms with Crippen LogP contribution in [0.2, 0.25) is 0 Å². The summed E-state index contributed by atoms with van der Waals surface area (Å²) in [6, 6.07) is 23.4. The molecule has 1 heterocycles. The van der Waals surface area contributed by atoms with E-state index < -0.39 is 0 Å². The minimum atomic E-state index is -0.0250. The highest BCUT2D eigenvalue weighted by Gasteiger charge is 2.31. The normalized spacial score (nSPS) is 14.7. The highest BCUT2D eigenvalue weighted by Crippen LogP contribution is 2.34. The van der Waals surface area contributed by atoms with Gasteiger partial charge in [-0.25, -0.2) is 0 Å². The van der Waals surface area contributed by atoms with Gasteiger partial charge in [0.05, 0.1) is 7.11 Å². The molecule has 1 N–H and O–H groups in total. The maximum atomic E-state index is 13.2. The van der Waals surface area contributed by atoms with Gasteiger partial charge in [0, 0.05) is 30.3 Å². The van der Waals surface area contributed by atoms with Crippen LogP contribution in [0.1, 0.15) is 40.4 Å². The number of carbonyl (C=O) groups is 2. The van der Waals surface area contributed by atoms with Crippen molar-refractivity contribution in [3.05, 3.63) is 95.1 Å². The van der Waals surface area contributed by atoms with Crippen LogP contribution in [0.3, 0.4) is 0 Å². The van der Waals surface area contributed by atoms with Crippen LogP contribution >= 0.6 is 0 Å². The predicted octanol–water partition coefficient (Wildman–Crippen LogP) is 4.54. The van der Waals surface area contributed by atoms with Gasteiger partial charge in [0.25, 0.3) is 5.91 Å². The number of hydrogen-bond donors (Lipinski definition) is 1. The summed E-state index contributed by atoms with van der Waals surface area (Å²) in [6.07, 6.45) is 1.99. The largest absolute Gasteiger partial charge is 0.497 e. The summed E-state index contributed by atoms with van der Waals surface area (Å²) in [5, 5.41) is 3.00. The van der Waals surface area contributed by atoms with E-state index in [1.54, 1.807) is 31.4 Å². The summed E-state index contributed by atoms with van der Waals surface area (Å²) in [7, 11) is 1.61. The molecule has 2 amide bonds. The monoisotopic (exact) mass is 428 g/mol. The molecule has 5 nitrogen and oxygen atoms in total. The van der Waals surface area contributed by atoms with Crippen LogP contribution in [-0.4, -0.2) is 25.0 Å². The SMILES string of the molecule is COc1ccc(C(=O)N2c3cc(CNC(=O)CCc4ccccc4)ccc3C[C@@H]2C)cc1. The lowest BCUT2D eigenvalue weighted by Gasteiger charge is -2.23. The number of anilines is 1. The van der Waals surface area contributed by atoms with Crippen LogP contribution in [0, 0.1) is 0 Å². The molecule has 0 aliphatic carbocycles. The average molecular weight is 429 g/mol. The maximum Gasteiger partial charge on any atom is 0.258 e. The Morgan fingerprint density at radius 2 is 1.75 bits per heavy atom. The molecule has 3 aromatic carbocycles. The highest BCUT2D eigenvalue weighted by atomic mass is 16.5. The summed E-state index contributed by atoms with van der Waals surface area (Å²) >= 11 is 0. The third kappa shape index (κ3) is 4.83. The molecule has 0 fully saturated rings. The van der Waals surface area contributed by atoms with Gasteiger partial charge in [0.2, 0.25) is 5.91 Å². The van der Waals surface area contributed by atoms with Crippen molar-refractivity contribution >= 4 is 17.5 Å². The molecule has 4 rings (SSSR count). The number of rotatable bonds is 7. The van der Waals surface area contributed by atoms with Gasteiger partial charge in [-0.2, -0.15) is 0 Å². The standard InChI is InChI=1S/C27H28N2O3/c1-19-16-23-10-8-21(18-28-26(30)15-9-20-6-4-3-5-7-20)17-25(23)29(19)27(31)22-11-13-24(32-2)14-12-22/h3-8,10-14,17,19H,9,15-16,18H2,1-2H3,(H,28,30)/t19-/m0/s1. The molecule has 32 heavy (non-hydrogen) atoms. The van der Waals surface area contributed by atoms with Gasteiger partial charge in [-0.15, -0.1) is 0 Å². The molecule has 1 atom stereocenters. The predicted molar refractivity (Wildman–Crippen MR) is 126 cm³/mol. The van der Waals surface area contributed by atoms with Crippen LogP contribution in [0.15, 0.2) is 72.8 Å². The van der Waals surface area contributed by atoms with E-state index in [9.17, 15) is 9.59 Å². The van der Waals surface area contributed by atoms with Crippen molar-refractivity contribution in [3.8, 4) is 5.75 Å². The van der Waals surface area contributed by atoms with E-state index >= 15 is 0 Å². The zero-order valence-corrected chi connectivity index (χ0v) is 18.5. The third-order valence-electron chi connectivity index (χ3n) is 5.89. The Balaban J connectivity index is 1.42. The Labute approximate surface area is 189 Å². The summed E-state index contributed by atoms with van der Waals surface area (Å²) in [6.45, 7) is 2.51. The topological polar surface area (TPSA) is 58.6 Å². The van der Waals surface area contributed by atoms with Gasteiger partial charge in [-0.3, -0.25) is 9.59 Å². The number of amides is 2. The number of nitrogens with one attached hydrogen (secondary N) is 1. The smallest absolute Gasteiger partial charge is 0.258 e. The number of ether oxygens (including phenoxy) is 1. The van der Waals surface area contributed by atoms with E-state index in [1.807, 2.05) is 47.4 Å². The van der Waals surface area contributed by atoms with Crippen molar-refractivity contribution in [3.63, 3.8) is 0 Å². The lowest BCUT2D eigenvalue weighted by molar-refractivity contribution is -0.121. The molecule has 3 aromatic rings. The van der Waals surface area contributed by atoms with E-state index in [1.165, 1.54) is 0 Å². The molecule has 1 aliphatic heterocycles. The van der Waals surface area contributed by atoms with E-state index in [-0.39, 0.29) is 17.9 Å². The Kier molecular flexibility index (Phi) is 6.55. The van der Waals surface area contributed by atoms with E-state index in [4.69, 9.17) is 4.74 Å². The Bertz CT molecular complexity index is 1090. The molecule has 0 radical (unpaired) electrons. The minimum Gasteiger partial charge on any atom is -0.497 e. The summed E-state index contributed by atoms with van der Waals surface area (Å²) in [4.78, 5) is 27.4. The Hall–Kier alpha value is -3.60. The number of hydrogen-bond acceptors (Lipinski definition) is 3. The second kappa shape index (κ2) is 9.69. The Morgan fingerprint density at radius 3 is 2.47 bits per heavy atom. The fourth-order valence-electron chi connectivity index (χ4n) is 4.14. The van der Waals surface area contributed by atoms with Crippen molar-refractivity contribution in [2.75, 3.05) is 12.0 Å². The Morgan fingerprint density at radius 1 is 1.00 bits per heavy atom. The quantitative estimate of drug-likeness (QED) is 0.601. The summed E-state index contributed by atoms with van der Waals surface area (Å²) < 4.78 is 5.20. The molecule has 164 valence electrons. The van der Waals surface area contributed by atoms with Crippen LogP contribution in [0.4, 0.5) is 5.69 Å². The van der Waals surface area contributed by atoms with Gasteiger partial charge in [0.15, 0.2) is 0 Å². The second-order valence-corrected chi connectivity index (χ2v) is 8.18. The molecular weight excluding hydrogens is 400 g/mol. The fraction of sp³-hybridized carbons (Fsp3) is 0.259. The zero-order chi connectivity index (χ0) is 22.5. The van der Waals surface area contributed by atoms with Gasteiger partial charge in [-0.05, 0) is 66.8 Å². The molecular formula is C27H28N2O3. The van der Waals surface area contributed by atoms with Crippen molar-refractivity contribution in [2.24, 2.45) is 0 Å². The van der Waals surface area contributed by atoms with Crippen molar-refractivity contribution in [1.82, 2.24) is 5.32 Å². The molecule has 1 aliphatic rings. The van der Waals surface area contributed by atoms with E-state index in [2.05, 4.69) is 18.3 Å². The first-order chi connectivity index (χ1) is 15.5. The molecule has 0 saturated heterocycles. The minimum absolute atomic E-state index is 0.0221. The maximum absolute atomic E-state index is 13.2. The zero-order valence-electron chi connectivity index (χ0n) is 18.5. The molecule has 0 spiro atoms. The fourth-order valence-corrected chi connectivity index (χ4v) is 4.14. The first kappa shape index (κ1) is 21.6. The second-order valence-electron chi connectivity index (χ2n) is 8.18. The molecule has 0 unspecified atom stereocenters. The van der Waals surface area contributed by atoms with Crippen LogP contribution in [0.5, 0.6) is 5.75 Å². The van der Waals surface area contributed by atoms with Crippen LogP contribution in [-0.2, 0) is 24.2 Å². The lowest BCUT2D eigenvalue weighted by atomic mass is 10.1. The van der Waals surface area contributed by atoms with Crippen LogP contribution < -0.4 is 15.0 Å². The number of fused-ring (bicyclic) bond motifs is 1. The molecule has 0 bridgehead atoms. The number of nitrogens with zero attached hydrogens (tertiary/aromatic N) is 1. The number of benzene rings is 3. The van der Waals surface area contributed by atoms with E-state index in [0.717, 1.165) is 41.0 Å². The molecule has 0 aromatic heterocycles. The first-order valence-electron chi connectivity index (χ1n) is 10.9. The van der Waals surface area contributed by atoms with Crippen LogP contribution in [0.25, 0.3) is 0 Å². The van der Waals surface area contributed by atoms with Gasteiger partial charge < -0.3 is 15.0 Å². The summed E-state index contributed by atoms with van der Waals surface area (Å²) in [5.74, 6) is 0.721. The third-order valence-corrected chi connectivity index (χ3v) is 5.89. The van der Waals surface area contributed by atoms with E-state index in [0.29, 0.717) is 18.5 Å². The van der Waals surface area contributed by atoms with Crippen molar-refractivity contribution < 1.29 is 14.3 Å². The lowest BCUT2D eigenvalue weighted by Crippen LogP contribution is -2.35. The summed E-state index contributed by atoms with van der Waals surface area (Å²) in [5.41, 5.74) is 4.85. The van der Waals surface area contributed by atoms with Crippen molar-refractivity contribution in [1.29, 1.82) is 0 Å². The average Bonchev–Trinajstić information content (AvgIpc) is 3.16. The van der Waals surface area contributed by atoms with Gasteiger partial charge in [-0.1, -0.05) is 42.5 Å². The number of aryl methyl sites for hydroxylation is 1.